The Labute approximate surface area is 172 Å². The van der Waals surface area contributed by atoms with E-state index in [1.54, 1.807) is 12.1 Å². The molecule has 3 aromatic rings. The van der Waals surface area contributed by atoms with E-state index in [0.717, 1.165) is 22.9 Å². The number of piperazine rings is 1. The fourth-order valence-electron chi connectivity index (χ4n) is 3.25. The summed E-state index contributed by atoms with van der Waals surface area (Å²) in [5, 5.41) is 22.7. The zero-order chi connectivity index (χ0) is 21.4. The van der Waals surface area contributed by atoms with Gasteiger partial charge in [-0.15, -0.1) is 0 Å². The number of nitro benzene ring substituents is 2. The van der Waals surface area contributed by atoms with Gasteiger partial charge in [0.15, 0.2) is 5.13 Å². The number of nitro groups is 2. The lowest BCUT2D eigenvalue weighted by Gasteiger charge is -2.34. The number of nitrogens with zero attached hydrogens (tertiary/aromatic N) is 5. The summed E-state index contributed by atoms with van der Waals surface area (Å²) in [4.78, 5) is 41.1. The summed E-state index contributed by atoms with van der Waals surface area (Å²) in [6.45, 7) is 1.47. The van der Waals surface area contributed by atoms with Crippen molar-refractivity contribution in [3.05, 3.63) is 68.0 Å². The van der Waals surface area contributed by atoms with Crippen LogP contribution in [0, 0.1) is 26.0 Å². The van der Waals surface area contributed by atoms with Crippen molar-refractivity contribution in [2.24, 2.45) is 0 Å². The van der Waals surface area contributed by atoms with Crippen molar-refractivity contribution in [1.82, 2.24) is 9.88 Å². The summed E-state index contributed by atoms with van der Waals surface area (Å²) in [6, 6.07) is 7.65. The number of para-hydroxylation sites is 1. The summed E-state index contributed by atoms with van der Waals surface area (Å²) < 4.78 is 14.6. The first kappa shape index (κ1) is 19.6. The van der Waals surface area contributed by atoms with E-state index in [9.17, 15) is 29.4 Å². The number of carbonyl (C=O) groups excluding carboxylic acids is 1. The smallest absolute Gasteiger partial charge is 0.277 e. The molecule has 1 amide bonds. The van der Waals surface area contributed by atoms with Crippen molar-refractivity contribution >= 4 is 44.0 Å². The molecule has 154 valence electrons. The van der Waals surface area contributed by atoms with Gasteiger partial charge in [-0.05, 0) is 12.1 Å². The van der Waals surface area contributed by atoms with Crippen LogP contribution < -0.4 is 4.90 Å². The second-order valence-corrected chi connectivity index (χ2v) is 7.62. The number of halogens is 1. The van der Waals surface area contributed by atoms with Gasteiger partial charge >= 0.3 is 0 Å². The molecular weight excluding hydrogens is 417 g/mol. The minimum absolute atomic E-state index is 0.105. The molecule has 0 N–H and O–H groups in total. The summed E-state index contributed by atoms with van der Waals surface area (Å²) in [5.74, 6) is -0.909. The topological polar surface area (TPSA) is 123 Å². The zero-order valence-electron chi connectivity index (χ0n) is 15.4. The van der Waals surface area contributed by atoms with Crippen molar-refractivity contribution in [3.63, 3.8) is 0 Å². The standard InChI is InChI=1S/C18H14FN5O5S/c19-14-2-1-3-15-16(14)20-18(30-15)22-6-4-21(5-7-22)17(25)11-8-12(23(26)27)10-13(9-11)24(28)29/h1-3,8-10H,4-7H2. The molecule has 10 nitrogen and oxygen atoms in total. The van der Waals surface area contributed by atoms with Gasteiger partial charge in [0.2, 0.25) is 0 Å². The molecular formula is C18H14FN5O5S. The molecule has 0 atom stereocenters. The Bertz CT molecular complexity index is 1140. The molecule has 2 aromatic carbocycles. The van der Waals surface area contributed by atoms with Gasteiger partial charge in [0.1, 0.15) is 11.3 Å². The first-order chi connectivity index (χ1) is 14.3. The van der Waals surface area contributed by atoms with Gasteiger partial charge in [0.25, 0.3) is 17.3 Å². The Hall–Kier alpha value is -3.67. The fourth-order valence-corrected chi connectivity index (χ4v) is 4.28. The Morgan fingerprint density at radius 3 is 2.23 bits per heavy atom. The molecule has 1 fully saturated rings. The highest BCUT2D eigenvalue weighted by Gasteiger charge is 2.27. The maximum absolute atomic E-state index is 13.9. The molecule has 1 aromatic heterocycles. The van der Waals surface area contributed by atoms with E-state index < -0.39 is 32.9 Å². The van der Waals surface area contributed by atoms with E-state index in [0.29, 0.717) is 36.8 Å². The molecule has 0 bridgehead atoms. The lowest BCUT2D eigenvalue weighted by molar-refractivity contribution is -0.394. The van der Waals surface area contributed by atoms with E-state index in [-0.39, 0.29) is 5.56 Å². The average molecular weight is 431 g/mol. The number of aromatic nitrogens is 1. The summed E-state index contributed by atoms with van der Waals surface area (Å²) in [6.07, 6.45) is 0. The normalized spacial score (nSPS) is 14.2. The third kappa shape index (κ3) is 3.64. The Balaban J connectivity index is 1.51. The van der Waals surface area contributed by atoms with Gasteiger partial charge in [-0.3, -0.25) is 25.0 Å². The molecule has 2 heterocycles. The van der Waals surface area contributed by atoms with Crippen LogP contribution in [0.15, 0.2) is 36.4 Å². The lowest BCUT2D eigenvalue weighted by atomic mass is 10.1. The number of non-ortho nitro benzene ring substituents is 2. The van der Waals surface area contributed by atoms with Crippen LogP contribution in [0.1, 0.15) is 10.4 Å². The summed E-state index contributed by atoms with van der Waals surface area (Å²) in [5.41, 5.74) is -0.823. The van der Waals surface area contributed by atoms with Gasteiger partial charge in [-0.25, -0.2) is 9.37 Å². The van der Waals surface area contributed by atoms with Crippen LogP contribution in [0.5, 0.6) is 0 Å². The fraction of sp³-hybridized carbons (Fsp3) is 0.222. The molecule has 12 heteroatoms. The molecule has 1 aliphatic heterocycles. The van der Waals surface area contributed by atoms with Crippen LogP contribution in [-0.2, 0) is 0 Å². The Morgan fingerprint density at radius 2 is 1.67 bits per heavy atom. The molecule has 0 radical (unpaired) electrons. The molecule has 1 saturated heterocycles. The minimum Gasteiger partial charge on any atom is -0.345 e. The number of fused-ring (bicyclic) bond motifs is 1. The van der Waals surface area contributed by atoms with Gasteiger partial charge in [0, 0.05) is 38.3 Å². The second kappa shape index (κ2) is 7.63. The molecule has 0 saturated carbocycles. The van der Waals surface area contributed by atoms with Gasteiger partial charge in [-0.2, -0.15) is 0 Å². The van der Waals surface area contributed by atoms with Crippen molar-refractivity contribution in [3.8, 4) is 0 Å². The van der Waals surface area contributed by atoms with Crippen LogP contribution in [0.3, 0.4) is 0 Å². The van der Waals surface area contributed by atoms with E-state index in [4.69, 9.17) is 0 Å². The largest absolute Gasteiger partial charge is 0.345 e. The quantitative estimate of drug-likeness (QED) is 0.459. The first-order valence-corrected chi connectivity index (χ1v) is 9.68. The number of hydrogen-bond acceptors (Lipinski definition) is 8. The van der Waals surface area contributed by atoms with Crippen molar-refractivity contribution in [2.75, 3.05) is 31.1 Å². The lowest BCUT2D eigenvalue weighted by Crippen LogP contribution is -2.48. The van der Waals surface area contributed by atoms with E-state index in [2.05, 4.69) is 4.98 Å². The number of amides is 1. The van der Waals surface area contributed by atoms with E-state index in [1.807, 2.05) is 4.90 Å². The zero-order valence-corrected chi connectivity index (χ0v) is 16.2. The number of anilines is 1. The number of carbonyl (C=O) groups is 1. The highest BCUT2D eigenvalue weighted by molar-refractivity contribution is 7.22. The average Bonchev–Trinajstić information content (AvgIpc) is 3.18. The molecule has 4 rings (SSSR count). The maximum atomic E-state index is 13.9. The van der Waals surface area contributed by atoms with Crippen molar-refractivity contribution in [1.29, 1.82) is 0 Å². The van der Waals surface area contributed by atoms with Gasteiger partial charge in [0.05, 0.1) is 26.2 Å². The third-order valence-electron chi connectivity index (χ3n) is 4.77. The predicted octanol–water partition coefficient (Wildman–Crippen LogP) is 3.21. The summed E-state index contributed by atoms with van der Waals surface area (Å²) in [7, 11) is 0. The van der Waals surface area contributed by atoms with Crippen LogP contribution in [0.25, 0.3) is 10.2 Å². The van der Waals surface area contributed by atoms with Crippen molar-refractivity contribution in [2.45, 2.75) is 0 Å². The highest BCUT2D eigenvalue weighted by Crippen LogP contribution is 2.31. The van der Waals surface area contributed by atoms with Crippen LogP contribution in [-0.4, -0.2) is 51.8 Å². The highest BCUT2D eigenvalue weighted by atomic mass is 32.1. The maximum Gasteiger partial charge on any atom is 0.277 e. The third-order valence-corrected chi connectivity index (χ3v) is 5.85. The Kier molecular flexibility index (Phi) is 4.99. The number of benzene rings is 2. The van der Waals surface area contributed by atoms with E-state index >= 15 is 0 Å². The van der Waals surface area contributed by atoms with Crippen LogP contribution in [0.2, 0.25) is 0 Å². The molecule has 30 heavy (non-hydrogen) atoms. The monoisotopic (exact) mass is 431 g/mol. The number of hydrogen-bond donors (Lipinski definition) is 0. The number of thiazole rings is 1. The molecule has 0 unspecified atom stereocenters. The molecule has 0 spiro atoms. The number of rotatable bonds is 4. The van der Waals surface area contributed by atoms with E-state index in [1.165, 1.54) is 22.3 Å². The van der Waals surface area contributed by atoms with Crippen LogP contribution in [0.4, 0.5) is 20.9 Å². The Morgan fingerprint density at radius 1 is 1.03 bits per heavy atom. The second-order valence-electron chi connectivity index (χ2n) is 6.61. The van der Waals surface area contributed by atoms with Gasteiger partial charge in [-0.1, -0.05) is 17.4 Å². The summed E-state index contributed by atoms with van der Waals surface area (Å²) >= 11 is 1.36. The molecule has 0 aliphatic carbocycles. The SMILES string of the molecule is O=C(c1cc([N+](=O)[O-])cc([N+](=O)[O-])c1)N1CCN(c2nc3c(F)cccc3s2)CC1. The van der Waals surface area contributed by atoms with Gasteiger partial charge < -0.3 is 9.80 Å². The van der Waals surface area contributed by atoms with Crippen molar-refractivity contribution < 1.29 is 19.0 Å². The minimum atomic E-state index is -0.770. The van der Waals surface area contributed by atoms with Crippen LogP contribution >= 0.6 is 11.3 Å². The molecule has 1 aliphatic rings. The predicted molar refractivity (Wildman–Crippen MR) is 107 cm³/mol. The first-order valence-electron chi connectivity index (χ1n) is 8.86.